The molecule has 2 fully saturated rings. The molecule has 1 aliphatic carbocycles. The van der Waals surface area contributed by atoms with Gasteiger partial charge in [0.15, 0.2) is 5.78 Å². The van der Waals surface area contributed by atoms with Crippen molar-refractivity contribution >= 4 is 11.7 Å². The molecule has 2 heterocycles. The third kappa shape index (κ3) is 2.01. The first-order valence-corrected chi connectivity index (χ1v) is 8.15. The average Bonchev–Trinajstić information content (AvgIpc) is 2.96. The van der Waals surface area contributed by atoms with E-state index in [9.17, 15) is 9.59 Å². The lowest BCUT2D eigenvalue weighted by atomic mass is 9.67. The number of ether oxygens (including phenoxy) is 1. The number of carbonyl (C=O) groups is 2. The molecular weight excluding hydrogens is 290 g/mol. The summed E-state index contributed by atoms with van der Waals surface area (Å²) in [6.07, 6.45) is 4.15. The van der Waals surface area contributed by atoms with E-state index < -0.39 is 5.41 Å². The monoisotopic (exact) mass is 311 g/mol. The van der Waals surface area contributed by atoms with Crippen LogP contribution >= 0.6 is 0 Å². The second-order valence-corrected chi connectivity index (χ2v) is 7.50. The number of hydrogen-bond donors (Lipinski definition) is 0. The molecule has 0 aromatic heterocycles. The van der Waals surface area contributed by atoms with Gasteiger partial charge in [-0.2, -0.15) is 0 Å². The van der Waals surface area contributed by atoms with Gasteiger partial charge in [-0.05, 0) is 31.9 Å². The third-order valence-corrected chi connectivity index (χ3v) is 5.46. The van der Waals surface area contributed by atoms with Gasteiger partial charge in [-0.3, -0.25) is 9.59 Å². The Labute approximate surface area is 136 Å². The van der Waals surface area contributed by atoms with Crippen molar-refractivity contribution in [1.82, 2.24) is 4.90 Å². The Hall–Kier alpha value is -1.94. The highest BCUT2D eigenvalue weighted by Gasteiger charge is 2.65. The molecule has 23 heavy (non-hydrogen) atoms. The van der Waals surface area contributed by atoms with E-state index in [1.54, 1.807) is 6.08 Å². The molecule has 3 atom stereocenters. The van der Waals surface area contributed by atoms with Crippen LogP contribution in [-0.2, 0) is 20.7 Å². The van der Waals surface area contributed by atoms with Gasteiger partial charge in [-0.1, -0.05) is 36.4 Å². The van der Waals surface area contributed by atoms with Crippen molar-refractivity contribution in [3.8, 4) is 0 Å². The van der Waals surface area contributed by atoms with Crippen molar-refractivity contribution in [1.29, 1.82) is 0 Å². The first-order chi connectivity index (χ1) is 10.9. The summed E-state index contributed by atoms with van der Waals surface area (Å²) in [4.78, 5) is 27.2. The molecule has 0 spiro atoms. The van der Waals surface area contributed by atoms with Crippen LogP contribution in [0.2, 0.25) is 0 Å². The first-order valence-electron chi connectivity index (χ1n) is 8.15. The fourth-order valence-electron chi connectivity index (χ4n) is 4.31. The number of amides is 1. The number of fused-ring (bicyclic) bond motifs is 3. The first kappa shape index (κ1) is 14.6. The number of nitrogens with zero attached hydrogens (tertiary/aromatic N) is 1. The van der Waals surface area contributed by atoms with Crippen LogP contribution in [0.1, 0.15) is 25.8 Å². The van der Waals surface area contributed by atoms with Crippen LogP contribution in [0.4, 0.5) is 0 Å². The van der Waals surface area contributed by atoms with E-state index in [0.717, 1.165) is 5.56 Å². The zero-order valence-corrected chi connectivity index (χ0v) is 13.5. The molecule has 1 aromatic carbocycles. The predicted octanol–water partition coefficient (Wildman–Crippen LogP) is 2.34. The Morgan fingerprint density at radius 3 is 2.70 bits per heavy atom. The maximum Gasteiger partial charge on any atom is 0.236 e. The van der Waals surface area contributed by atoms with Crippen molar-refractivity contribution in [2.75, 3.05) is 6.61 Å². The van der Waals surface area contributed by atoms with Crippen molar-refractivity contribution < 1.29 is 14.3 Å². The SMILES string of the molecule is CC1(C)CO[C@H]2[C@H]3CC(=O)C=C[C@@]3(Cc3ccccc3)C(=O)N21. The standard InChI is InChI=1S/C19H21NO3/c1-18(2)12-23-16-15-10-14(21)8-9-19(15,17(22)20(16)18)11-13-6-4-3-5-7-13/h3-9,15-16H,10-12H2,1-2H3/t15-,16+,19+/m1/s1. The van der Waals surface area contributed by atoms with E-state index in [0.29, 0.717) is 19.4 Å². The van der Waals surface area contributed by atoms with Crippen molar-refractivity contribution in [2.45, 2.75) is 38.5 Å². The lowest BCUT2D eigenvalue weighted by Gasteiger charge is -2.34. The van der Waals surface area contributed by atoms with Gasteiger partial charge in [0.2, 0.25) is 5.91 Å². The van der Waals surface area contributed by atoms with E-state index >= 15 is 0 Å². The van der Waals surface area contributed by atoms with E-state index in [1.807, 2.05) is 55.2 Å². The molecule has 0 unspecified atom stereocenters. The third-order valence-electron chi connectivity index (χ3n) is 5.46. The Morgan fingerprint density at radius 2 is 1.96 bits per heavy atom. The summed E-state index contributed by atoms with van der Waals surface area (Å²) < 4.78 is 5.96. The lowest BCUT2D eigenvalue weighted by molar-refractivity contribution is -0.138. The normalized spacial score (nSPS) is 34.6. The highest BCUT2D eigenvalue weighted by molar-refractivity contribution is 5.97. The molecule has 0 radical (unpaired) electrons. The van der Waals surface area contributed by atoms with Gasteiger partial charge in [0.05, 0.1) is 17.6 Å². The summed E-state index contributed by atoms with van der Waals surface area (Å²) in [5.41, 5.74) is 0.140. The maximum atomic E-state index is 13.4. The smallest absolute Gasteiger partial charge is 0.236 e. The quantitative estimate of drug-likeness (QED) is 0.842. The molecule has 2 saturated heterocycles. The Balaban J connectivity index is 1.80. The number of rotatable bonds is 2. The number of carbonyl (C=O) groups excluding carboxylic acids is 2. The molecule has 4 heteroatoms. The molecular formula is C19H21NO3. The Bertz CT molecular complexity index is 694. The molecule has 4 nitrogen and oxygen atoms in total. The average molecular weight is 311 g/mol. The van der Waals surface area contributed by atoms with Gasteiger partial charge in [0.1, 0.15) is 6.23 Å². The topological polar surface area (TPSA) is 46.6 Å². The maximum absolute atomic E-state index is 13.4. The zero-order chi connectivity index (χ0) is 16.2. The van der Waals surface area contributed by atoms with Crippen LogP contribution in [0.25, 0.3) is 0 Å². The van der Waals surface area contributed by atoms with Crippen LogP contribution in [0.3, 0.4) is 0 Å². The number of benzene rings is 1. The Kier molecular flexibility index (Phi) is 3.04. The van der Waals surface area contributed by atoms with Crippen molar-refractivity contribution in [2.24, 2.45) is 11.3 Å². The molecule has 2 aliphatic heterocycles. The second-order valence-electron chi connectivity index (χ2n) is 7.50. The molecule has 0 N–H and O–H groups in total. The van der Waals surface area contributed by atoms with E-state index in [4.69, 9.17) is 4.74 Å². The summed E-state index contributed by atoms with van der Waals surface area (Å²) in [6.45, 7) is 4.59. The van der Waals surface area contributed by atoms with Gasteiger partial charge in [0, 0.05) is 12.3 Å². The number of hydrogen-bond acceptors (Lipinski definition) is 3. The summed E-state index contributed by atoms with van der Waals surface area (Å²) >= 11 is 0. The fraction of sp³-hybridized carbons (Fsp3) is 0.474. The van der Waals surface area contributed by atoms with Crippen LogP contribution in [0.5, 0.6) is 0 Å². The van der Waals surface area contributed by atoms with Crippen LogP contribution < -0.4 is 0 Å². The molecule has 3 aliphatic rings. The van der Waals surface area contributed by atoms with Gasteiger partial charge < -0.3 is 9.64 Å². The van der Waals surface area contributed by atoms with Gasteiger partial charge in [-0.25, -0.2) is 0 Å². The Morgan fingerprint density at radius 1 is 1.22 bits per heavy atom. The summed E-state index contributed by atoms with van der Waals surface area (Å²) in [6, 6.07) is 10.0. The molecule has 0 saturated carbocycles. The minimum absolute atomic E-state index is 0.0849. The van der Waals surface area contributed by atoms with E-state index in [1.165, 1.54) is 0 Å². The van der Waals surface area contributed by atoms with Gasteiger partial charge in [0.25, 0.3) is 0 Å². The summed E-state index contributed by atoms with van der Waals surface area (Å²) in [5, 5.41) is 0. The number of allylic oxidation sites excluding steroid dienone is 1. The summed E-state index contributed by atoms with van der Waals surface area (Å²) in [7, 11) is 0. The minimum Gasteiger partial charge on any atom is -0.355 e. The highest BCUT2D eigenvalue weighted by Crippen LogP contribution is 2.53. The van der Waals surface area contributed by atoms with Crippen LogP contribution in [-0.4, -0.2) is 35.0 Å². The number of ketones is 1. The highest BCUT2D eigenvalue weighted by atomic mass is 16.5. The summed E-state index contributed by atoms with van der Waals surface area (Å²) in [5.74, 6) is 0.0822. The predicted molar refractivity (Wildman–Crippen MR) is 85.5 cm³/mol. The molecule has 1 amide bonds. The van der Waals surface area contributed by atoms with Crippen molar-refractivity contribution in [3.63, 3.8) is 0 Å². The second kappa shape index (κ2) is 4.78. The largest absolute Gasteiger partial charge is 0.355 e. The molecule has 120 valence electrons. The van der Waals surface area contributed by atoms with E-state index in [-0.39, 0.29) is 29.4 Å². The minimum atomic E-state index is -0.655. The molecule has 0 bridgehead atoms. The molecule has 1 aromatic rings. The zero-order valence-electron chi connectivity index (χ0n) is 13.5. The van der Waals surface area contributed by atoms with Crippen molar-refractivity contribution in [3.05, 3.63) is 48.0 Å². The van der Waals surface area contributed by atoms with Crippen LogP contribution in [0, 0.1) is 11.3 Å². The van der Waals surface area contributed by atoms with Gasteiger partial charge >= 0.3 is 0 Å². The fourth-order valence-corrected chi connectivity index (χ4v) is 4.31. The van der Waals surface area contributed by atoms with E-state index in [2.05, 4.69) is 0 Å². The lowest BCUT2D eigenvalue weighted by Crippen LogP contribution is -2.47. The van der Waals surface area contributed by atoms with Gasteiger partial charge in [-0.15, -0.1) is 0 Å². The van der Waals surface area contributed by atoms with Crippen LogP contribution in [0.15, 0.2) is 42.5 Å². The molecule has 4 rings (SSSR count).